The minimum absolute atomic E-state index is 0.112. The van der Waals surface area contributed by atoms with Crippen molar-refractivity contribution < 1.29 is 9.53 Å². The van der Waals surface area contributed by atoms with Crippen LogP contribution in [0.5, 0.6) is 0 Å². The van der Waals surface area contributed by atoms with Gasteiger partial charge in [0.15, 0.2) is 0 Å². The van der Waals surface area contributed by atoms with Crippen LogP contribution in [0.2, 0.25) is 0 Å². The third kappa shape index (κ3) is 4.94. The van der Waals surface area contributed by atoms with Crippen LogP contribution in [-0.2, 0) is 9.53 Å². The van der Waals surface area contributed by atoms with E-state index < -0.39 is 0 Å². The first-order chi connectivity index (χ1) is 7.74. The molecular formula is C12H24N2O2. The standard InChI is InChI=1S/C12H24N2O2/c1-2-16-9-3-8-14-11-6-4-10(5-7-11)12(13)15/h10-11,14H,2-9H2,1H3,(H2,13,15). The topological polar surface area (TPSA) is 64.3 Å². The van der Waals surface area contributed by atoms with Gasteiger partial charge in [-0.3, -0.25) is 4.79 Å². The van der Waals surface area contributed by atoms with E-state index in [1.54, 1.807) is 0 Å². The summed E-state index contributed by atoms with van der Waals surface area (Å²) in [5.74, 6) is -0.0173. The highest BCUT2D eigenvalue weighted by molar-refractivity contribution is 5.76. The predicted molar refractivity (Wildman–Crippen MR) is 64.1 cm³/mol. The van der Waals surface area contributed by atoms with Gasteiger partial charge in [0.25, 0.3) is 0 Å². The van der Waals surface area contributed by atoms with E-state index in [2.05, 4.69) is 5.32 Å². The Bertz CT molecular complexity index is 201. The molecule has 16 heavy (non-hydrogen) atoms. The van der Waals surface area contributed by atoms with Crippen LogP contribution in [0.1, 0.15) is 39.0 Å². The molecule has 0 aromatic rings. The highest BCUT2D eigenvalue weighted by Crippen LogP contribution is 2.23. The van der Waals surface area contributed by atoms with E-state index >= 15 is 0 Å². The Morgan fingerprint density at radius 3 is 2.62 bits per heavy atom. The van der Waals surface area contributed by atoms with E-state index in [9.17, 15) is 4.79 Å². The number of carbonyl (C=O) groups excluding carboxylic acids is 1. The number of primary amides is 1. The van der Waals surface area contributed by atoms with Gasteiger partial charge in [-0.15, -0.1) is 0 Å². The second-order valence-corrected chi connectivity index (χ2v) is 4.46. The quantitative estimate of drug-likeness (QED) is 0.640. The van der Waals surface area contributed by atoms with Crippen molar-refractivity contribution in [2.45, 2.75) is 45.1 Å². The Morgan fingerprint density at radius 2 is 2.06 bits per heavy atom. The van der Waals surface area contributed by atoms with Crippen LogP contribution >= 0.6 is 0 Å². The summed E-state index contributed by atoms with van der Waals surface area (Å²) < 4.78 is 5.27. The normalized spacial score (nSPS) is 25.6. The van der Waals surface area contributed by atoms with Crippen molar-refractivity contribution in [2.75, 3.05) is 19.8 Å². The van der Waals surface area contributed by atoms with Crippen LogP contribution < -0.4 is 11.1 Å². The van der Waals surface area contributed by atoms with Gasteiger partial charge in [-0.25, -0.2) is 0 Å². The molecule has 0 saturated heterocycles. The fourth-order valence-corrected chi connectivity index (χ4v) is 2.21. The first-order valence-corrected chi connectivity index (χ1v) is 6.34. The molecule has 1 rings (SSSR count). The van der Waals surface area contributed by atoms with E-state index in [4.69, 9.17) is 10.5 Å². The lowest BCUT2D eigenvalue weighted by Crippen LogP contribution is -2.37. The molecule has 94 valence electrons. The van der Waals surface area contributed by atoms with Crippen molar-refractivity contribution in [1.29, 1.82) is 0 Å². The molecule has 1 amide bonds. The van der Waals surface area contributed by atoms with Crippen LogP contribution in [0.3, 0.4) is 0 Å². The van der Waals surface area contributed by atoms with Gasteiger partial charge in [0.1, 0.15) is 0 Å². The number of nitrogens with one attached hydrogen (secondary N) is 1. The Balaban J connectivity index is 2.02. The van der Waals surface area contributed by atoms with Gasteiger partial charge >= 0.3 is 0 Å². The number of nitrogens with two attached hydrogens (primary N) is 1. The van der Waals surface area contributed by atoms with Gasteiger partial charge in [-0.1, -0.05) is 0 Å². The molecule has 4 heteroatoms. The van der Waals surface area contributed by atoms with E-state index in [0.717, 1.165) is 51.9 Å². The number of hydrogen-bond acceptors (Lipinski definition) is 3. The Morgan fingerprint density at radius 1 is 1.38 bits per heavy atom. The molecule has 3 N–H and O–H groups in total. The molecule has 0 radical (unpaired) electrons. The summed E-state index contributed by atoms with van der Waals surface area (Å²) in [6, 6.07) is 0.567. The minimum Gasteiger partial charge on any atom is -0.382 e. The monoisotopic (exact) mass is 228 g/mol. The predicted octanol–water partition coefficient (Wildman–Crippen LogP) is 1.05. The van der Waals surface area contributed by atoms with Crippen molar-refractivity contribution in [2.24, 2.45) is 11.7 Å². The van der Waals surface area contributed by atoms with Gasteiger partial charge in [0.05, 0.1) is 0 Å². The van der Waals surface area contributed by atoms with E-state index in [1.807, 2.05) is 6.92 Å². The van der Waals surface area contributed by atoms with Crippen molar-refractivity contribution >= 4 is 5.91 Å². The van der Waals surface area contributed by atoms with E-state index in [1.165, 1.54) is 0 Å². The zero-order valence-electron chi connectivity index (χ0n) is 10.2. The molecule has 0 aromatic carbocycles. The van der Waals surface area contributed by atoms with Gasteiger partial charge in [-0.2, -0.15) is 0 Å². The largest absolute Gasteiger partial charge is 0.382 e. The minimum atomic E-state index is -0.130. The molecule has 0 unspecified atom stereocenters. The zero-order valence-corrected chi connectivity index (χ0v) is 10.2. The molecule has 4 nitrogen and oxygen atoms in total. The summed E-state index contributed by atoms with van der Waals surface area (Å²) in [7, 11) is 0. The molecule has 1 saturated carbocycles. The number of rotatable bonds is 7. The average Bonchev–Trinajstić information content (AvgIpc) is 2.29. The molecule has 0 spiro atoms. The summed E-state index contributed by atoms with van der Waals surface area (Å²) in [5, 5.41) is 3.51. The molecule has 0 atom stereocenters. The van der Waals surface area contributed by atoms with Gasteiger partial charge in [0.2, 0.25) is 5.91 Å². The molecule has 1 aliphatic rings. The SMILES string of the molecule is CCOCCCNC1CCC(C(N)=O)CC1. The van der Waals surface area contributed by atoms with Crippen LogP contribution in [0, 0.1) is 5.92 Å². The summed E-state index contributed by atoms with van der Waals surface area (Å²) in [6.07, 6.45) is 5.09. The first kappa shape index (κ1) is 13.5. The maximum atomic E-state index is 11.0. The number of amides is 1. The number of ether oxygens (including phenoxy) is 1. The van der Waals surface area contributed by atoms with E-state index in [-0.39, 0.29) is 11.8 Å². The highest BCUT2D eigenvalue weighted by atomic mass is 16.5. The van der Waals surface area contributed by atoms with Crippen LogP contribution in [0.4, 0.5) is 0 Å². The molecular weight excluding hydrogens is 204 g/mol. The second-order valence-electron chi connectivity index (χ2n) is 4.46. The lowest BCUT2D eigenvalue weighted by molar-refractivity contribution is -0.122. The maximum Gasteiger partial charge on any atom is 0.220 e. The van der Waals surface area contributed by atoms with Crippen molar-refractivity contribution in [3.63, 3.8) is 0 Å². The lowest BCUT2D eigenvalue weighted by Gasteiger charge is -2.27. The molecule has 0 aliphatic heterocycles. The van der Waals surface area contributed by atoms with Crippen molar-refractivity contribution in [1.82, 2.24) is 5.32 Å². The number of carbonyl (C=O) groups is 1. The first-order valence-electron chi connectivity index (χ1n) is 6.34. The Labute approximate surface area is 97.9 Å². The fraction of sp³-hybridized carbons (Fsp3) is 0.917. The molecule has 0 bridgehead atoms. The van der Waals surface area contributed by atoms with Gasteiger partial charge < -0.3 is 15.8 Å². The molecule has 0 aromatic heterocycles. The Hall–Kier alpha value is -0.610. The summed E-state index contributed by atoms with van der Waals surface area (Å²) in [5.41, 5.74) is 5.29. The van der Waals surface area contributed by atoms with Gasteiger partial charge in [-0.05, 0) is 45.6 Å². The zero-order chi connectivity index (χ0) is 11.8. The second kappa shape index (κ2) is 7.63. The highest BCUT2D eigenvalue weighted by Gasteiger charge is 2.23. The lowest BCUT2D eigenvalue weighted by atomic mass is 9.85. The smallest absolute Gasteiger partial charge is 0.220 e. The third-order valence-corrected chi connectivity index (χ3v) is 3.23. The molecule has 0 heterocycles. The Kier molecular flexibility index (Phi) is 6.42. The van der Waals surface area contributed by atoms with Crippen molar-refractivity contribution in [3.05, 3.63) is 0 Å². The third-order valence-electron chi connectivity index (χ3n) is 3.23. The summed E-state index contributed by atoms with van der Waals surface area (Å²) in [6.45, 7) is 4.65. The molecule has 1 aliphatic carbocycles. The maximum absolute atomic E-state index is 11.0. The fourth-order valence-electron chi connectivity index (χ4n) is 2.21. The van der Waals surface area contributed by atoms with E-state index in [0.29, 0.717) is 6.04 Å². The van der Waals surface area contributed by atoms with Crippen LogP contribution in [-0.4, -0.2) is 31.7 Å². The van der Waals surface area contributed by atoms with Crippen LogP contribution in [0.25, 0.3) is 0 Å². The summed E-state index contributed by atoms with van der Waals surface area (Å²) >= 11 is 0. The summed E-state index contributed by atoms with van der Waals surface area (Å²) in [4.78, 5) is 11.0. The average molecular weight is 228 g/mol. The number of hydrogen-bond donors (Lipinski definition) is 2. The van der Waals surface area contributed by atoms with Crippen LogP contribution in [0.15, 0.2) is 0 Å². The van der Waals surface area contributed by atoms with Gasteiger partial charge in [0, 0.05) is 25.2 Å². The van der Waals surface area contributed by atoms with Crippen molar-refractivity contribution in [3.8, 4) is 0 Å². The molecule has 1 fully saturated rings.